The Bertz CT molecular complexity index is 358. The molecule has 3 atom stereocenters. The smallest absolute Gasteiger partial charge is 0.00702 e. The van der Waals surface area contributed by atoms with Crippen LogP contribution >= 0.6 is 0 Å². The molecule has 2 N–H and O–H groups in total. The predicted octanol–water partition coefficient (Wildman–Crippen LogP) is 3.87. The molecule has 0 fully saturated rings. The molecule has 0 radical (unpaired) electrons. The van der Waals surface area contributed by atoms with E-state index in [9.17, 15) is 0 Å². The van der Waals surface area contributed by atoms with Gasteiger partial charge in [0.2, 0.25) is 0 Å². The molecule has 0 amide bonds. The van der Waals surface area contributed by atoms with Gasteiger partial charge in [0, 0.05) is 6.04 Å². The van der Waals surface area contributed by atoms with Crippen molar-refractivity contribution in [3.8, 4) is 0 Å². The maximum atomic E-state index is 6.32. The Morgan fingerprint density at radius 3 is 2.88 bits per heavy atom. The number of aryl methyl sites for hydroxylation is 1. The van der Waals surface area contributed by atoms with E-state index in [1.807, 2.05) is 0 Å². The van der Waals surface area contributed by atoms with Crippen LogP contribution < -0.4 is 5.73 Å². The van der Waals surface area contributed by atoms with Crippen molar-refractivity contribution in [3.05, 3.63) is 35.4 Å². The second-order valence-corrected chi connectivity index (χ2v) is 5.57. The second kappa shape index (κ2) is 5.68. The molecular formula is C16H25N. The minimum atomic E-state index is 0.358. The molecule has 1 nitrogen and oxygen atoms in total. The lowest BCUT2D eigenvalue weighted by Crippen LogP contribution is -2.30. The van der Waals surface area contributed by atoms with Crippen molar-refractivity contribution in [1.29, 1.82) is 0 Å². The molecule has 0 heterocycles. The summed E-state index contributed by atoms with van der Waals surface area (Å²) in [6.07, 6.45) is 6.25. The van der Waals surface area contributed by atoms with Gasteiger partial charge in [-0.1, -0.05) is 44.5 Å². The highest BCUT2D eigenvalue weighted by atomic mass is 14.6. The van der Waals surface area contributed by atoms with Crippen molar-refractivity contribution in [2.24, 2.45) is 11.7 Å². The fourth-order valence-electron chi connectivity index (χ4n) is 2.96. The van der Waals surface area contributed by atoms with Crippen molar-refractivity contribution in [2.75, 3.05) is 0 Å². The number of benzene rings is 1. The van der Waals surface area contributed by atoms with Crippen molar-refractivity contribution in [2.45, 2.75) is 57.9 Å². The molecule has 0 aliphatic heterocycles. The van der Waals surface area contributed by atoms with E-state index < -0.39 is 0 Å². The van der Waals surface area contributed by atoms with Crippen molar-refractivity contribution >= 4 is 0 Å². The molecule has 0 saturated carbocycles. The molecule has 1 aliphatic rings. The van der Waals surface area contributed by atoms with Crippen LogP contribution in [0.25, 0.3) is 0 Å². The van der Waals surface area contributed by atoms with Gasteiger partial charge >= 0.3 is 0 Å². The fourth-order valence-corrected chi connectivity index (χ4v) is 2.96. The quantitative estimate of drug-likeness (QED) is 0.836. The fraction of sp³-hybridized carbons (Fsp3) is 0.625. The zero-order chi connectivity index (χ0) is 12.3. The Morgan fingerprint density at radius 2 is 2.12 bits per heavy atom. The average molecular weight is 231 g/mol. The summed E-state index contributed by atoms with van der Waals surface area (Å²) in [4.78, 5) is 0. The molecule has 1 aromatic rings. The van der Waals surface area contributed by atoms with Crippen LogP contribution in [0.15, 0.2) is 24.3 Å². The minimum Gasteiger partial charge on any atom is -0.327 e. The zero-order valence-electron chi connectivity index (χ0n) is 11.2. The van der Waals surface area contributed by atoms with Gasteiger partial charge in [0.15, 0.2) is 0 Å². The molecule has 17 heavy (non-hydrogen) atoms. The van der Waals surface area contributed by atoms with Gasteiger partial charge in [0.1, 0.15) is 0 Å². The van der Waals surface area contributed by atoms with Crippen molar-refractivity contribution < 1.29 is 0 Å². The van der Waals surface area contributed by atoms with E-state index in [-0.39, 0.29) is 0 Å². The van der Waals surface area contributed by atoms with Gasteiger partial charge < -0.3 is 5.73 Å². The summed E-state index contributed by atoms with van der Waals surface area (Å²) in [5, 5.41) is 0. The third-order valence-electron chi connectivity index (χ3n) is 4.43. The van der Waals surface area contributed by atoms with Gasteiger partial charge in [0.25, 0.3) is 0 Å². The molecule has 94 valence electrons. The molecule has 0 aromatic heterocycles. The highest BCUT2D eigenvalue weighted by Crippen LogP contribution is 2.35. The lowest BCUT2D eigenvalue weighted by Gasteiger charge is -2.29. The second-order valence-electron chi connectivity index (χ2n) is 5.57. The summed E-state index contributed by atoms with van der Waals surface area (Å²) in [5.41, 5.74) is 9.44. The van der Waals surface area contributed by atoms with E-state index in [4.69, 9.17) is 5.73 Å². The van der Waals surface area contributed by atoms with Crippen LogP contribution in [-0.4, -0.2) is 6.04 Å². The van der Waals surface area contributed by atoms with Crippen LogP contribution in [0.2, 0.25) is 0 Å². The normalized spacial score (nSPS) is 22.9. The predicted molar refractivity (Wildman–Crippen MR) is 74.2 cm³/mol. The molecule has 1 heteroatoms. The van der Waals surface area contributed by atoms with Crippen LogP contribution in [-0.2, 0) is 6.42 Å². The molecule has 2 rings (SSSR count). The summed E-state index contributed by atoms with van der Waals surface area (Å²) in [6, 6.07) is 9.29. The summed E-state index contributed by atoms with van der Waals surface area (Å²) < 4.78 is 0. The van der Waals surface area contributed by atoms with Crippen LogP contribution in [0.5, 0.6) is 0 Å². The van der Waals surface area contributed by atoms with Crippen LogP contribution in [0.1, 0.15) is 56.6 Å². The molecule has 3 unspecified atom stereocenters. The molecule has 1 aromatic carbocycles. The van der Waals surface area contributed by atoms with Crippen LogP contribution in [0, 0.1) is 5.92 Å². The van der Waals surface area contributed by atoms with E-state index in [1.165, 1.54) is 25.7 Å². The Labute approximate surface area is 105 Å². The zero-order valence-corrected chi connectivity index (χ0v) is 11.2. The standard InChI is InChI=1S/C16H25N/c1-3-12(2)16(17)11-14-9-6-8-13-7-4-5-10-15(13)14/h4-5,7,10,12,14,16H,3,6,8-9,11,17H2,1-2H3. The largest absolute Gasteiger partial charge is 0.327 e. The highest BCUT2D eigenvalue weighted by molar-refractivity contribution is 5.32. The van der Waals surface area contributed by atoms with Gasteiger partial charge in [-0.25, -0.2) is 0 Å². The summed E-state index contributed by atoms with van der Waals surface area (Å²) in [6.45, 7) is 4.51. The summed E-state index contributed by atoms with van der Waals surface area (Å²) in [7, 11) is 0. The number of hydrogen-bond acceptors (Lipinski definition) is 1. The maximum absolute atomic E-state index is 6.32. The third kappa shape index (κ3) is 2.90. The topological polar surface area (TPSA) is 26.0 Å². The van der Waals surface area contributed by atoms with Gasteiger partial charge in [-0.2, -0.15) is 0 Å². The van der Waals surface area contributed by atoms with E-state index in [1.54, 1.807) is 11.1 Å². The average Bonchev–Trinajstić information content (AvgIpc) is 2.38. The van der Waals surface area contributed by atoms with E-state index in [2.05, 4.69) is 38.1 Å². The highest BCUT2D eigenvalue weighted by Gasteiger charge is 2.23. The summed E-state index contributed by atoms with van der Waals surface area (Å²) in [5.74, 6) is 1.34. The first-order valence-corrected chi connectivity index (χ1v) is 7.05. The number of fused-ring (bicyclic) bond motifs is 1. The van der Waals surface area contributed by atoms with Crippen molar-refractivity contribution in [1.82, 2.24) is 0 Å². The minimum absolute atomic E-state index is 0.358. The van der Waals surface area contributed by atoms with E-state index in [0.29, 0.717) is 17.9 Å². The Balaban J connectivity index is 2.08. The molecular weight excluding hydrogens is 206 g/mol. The molecule has 0 bridgehead atoms. The van der Waals surface area contributed by atoms with Crippen LogP contribution in [0.3, 0.4) is 0 Å². The maximum Gasteiger partial charge on any atom is 0.00702 e. The molecule has 1 aliphatic carbocycles. The van der Waals surface area contributed by atoms with Crippen molar-refractivity contribution in [3.63, 3.8) is 0 Å². The van der Waals surface area contributed by atoms with Gasteiger partial charge in [0.05, 0.1) is 0 Å². The van der Waals surface area contributed by atoms with E-state index in [0.717, 1.165) is 6.42 Å². The number of rotatable bonds is 4. The van der Waals surface area contributed by atoms with Gasteiger partial charge in [-0.3, -0.25) is 0 Å². The first-order chi connectivity index (χ1) is 8.22. The van der Waals surface area contributed by atoms with Crippen LogP contribution in [0.4, 0.5) is 0 Å². The Morgan fingerprint density at radius 1 is 1.35 bits per heavy atom. The lowest BCUT2D eigenvalue weighted by molar-refractivity contribution is 0.373. The molecule has 0 saturated heterocycles. The molecule has 0 spiro atoms. The SMILES string of the molecule is CCC(C)C(N)CC1CCCc2ccccc21. The first-order valence-electron chi connectivity index (χ1n) is 7.05. The third-order valence-corrected chi connectivity index (χ3v) is 4.43. The first kappa shape index (κ1) is 12.6. The summed E-state index contributed by atoms with van der Waals surface area (Å²) >= 11 is 0. The van der Waals surface area contributed by atoms with Gasteiger partial charge in [-0.05, 0) is 48.6 Å². The number of nitrogens with two attached hydrogens (primary N) is 1. The lowest BCUT2D eigenvalue weighted by atomic mass is 9.78. The van der Waals surface area contributed by atoms with E-state index >= 15 is 0 Å². The Kier molecular flexibility index (Phi) is 4.22. The Hall–Kier alpha value is -0.820. The monoisotopic (exact) mass is 231 g/mol. The van der Waals surface area contributed by atoms with Gasteiger partial charge in [-0.15, -0.1) is 0 Å². The number of hydrogen-bond donors (Lipinski definition) is 1.